The lowest BCUT2D eigenvalue weighted by atomic mass is 10.2. The van der Waals surface area contributed by atoms with E-state index in [4.69, 9.17) is 0 Å². The zero-order valence-corrected chi connectivity index (χ0v) is 10.4. The third-order valence-corrected chi connectivity index (χ3v) is 2.88. The van der Waals surface area contributed by atoms with Crippen LogP contribution in [0.25, 0.3) is 0 Å². The van der Waals surface area contributed by atoms with Crippen molar-refractivity contribution in [3.05, 3.63) is 40.5 Å². The Balaban J connectivity index is 2.07. The summed E-state index contributed by atoms with van der Waals surface area (Å²) in [7, 11) is 1.86. The van der Waals surface area contributed by atoms with Crippen LogP contribution in [0.4, 0.5) is 5.82 Å². The number of hydrogen-bond acceptors (Lipinski definition) is 3. The van der Waals surface area contributed by atoms with Gasteiger partial charge in [0.25, 0.3) is 0 Å². The van der Waals surface area contributed by atoms with Crippen molar-refractivity contribution >= 4 is 21.7 Å². The van der Waals surface area contributed by atoms with Gasteiger partial charge in [0.15, 0.2) is 0 Å². The number of rotatable bonds is 3. The monoisotopic (exact) mass is 281 g/mol. The van der Waals surface area contributed by atoms with Crippen molar-refractivity contribution in [3.8, 4) is 5.75 Å². The number of anilines is 1. The average molecular weight is 282 g/mol. The molecule has 1 heterocycles. The summed E-state index contributed by atoms with van der Waals surface area (Å²) in [6.45, 7) is 0.544. The van der Waals surface area contributed by atoms with Gasteiger partial charge in [-0.3, -0.25) is 4.68 Å². The maximum absolute atomic E-state index is 9.77. The van der Waals surface area contributed by atoms with Crippen LogP contribution in [0.5, 0.6) is 5.75 Å². The third kappa shape index (κ3) is 2.36. The summed E-state index contributed by atoms with van der Waals surface area (Å²) in [4.78, 5) is 0. The third-order valence-electron chi connectivity index (χ3n) is 2.24. The molecule has 1 aromatic carbocycles. The molecule has 0 aliphatic carbocycles. The Morgan fingerprint density at radius 1 is 1.44 bits per heavy atom. The molecule has 0 aliphatic heterocycles. The predicted molar refractivity (Wildman–Crippen MR) is 66.3 cm³/mol. The van der Waals surface area contributed by atoms with E-state index >= 15 is 0 Å². The van der Waals surface area contributed by atoms with Crippen molar-refractivity contribution in [2.45, 2.75) is 6.54 Å². The van der Waals surface area contributed by atoms with E-state index in [1.54, 1.807) is 10.7 Å². The fourth-order valence-corrected chi connectivity index (χ4v) is 1.81. The van der Waals surface area contributed by atoms with E-state index in [0.29, 0.717) is 11.0 Å². The van der Waals surface area contributed by atoms with Gasteiger partial charge in [0.05, 0.1) is 4.47 Å². The summed E-state index contributed by atoms with van der Waals surface area (Å²) in [6, 6.07) is 7.45. The second-order valence-electron chi connectivity index (χ2n) is 3.48. The van der Waals surface area contributed by atoms with E-state index in [1.807, 2.05) is 31.4 Å². The molecule has 0 fully saturated rings. The molecule has 0 radical (unpaired) electrons. The van der Waals surface area contributed by atoms with Gasteiger partial charge in [-0.1, -0.05) is 12.1 Å². The lowest BCUT2D eigenvalue weighted by molar-refractivity contribution is 0.465. The van der Waals surface area contributed by atoms with Crippen molar-refractivity contribution in [2.75, 3.05) is 5.32 Å². The molecule has 0 unspecified atom stereocenters. The van der Waals surface area contributed by atoms with E-state index in [2.05, 4.69) is 26.3 Å². The minimum atomic E-state index is 0.269. The van der Waals surface area contributed by atoms with Crippen molar-refractivity contribution in [2.24, 2.45) is 7.05 Å². The molecule has 0 atom stereocenters. The average Bonchev–Trinajstić information content (AvgIpc) is 2.67. The second-order valence-corrected chi connectivity index (χ2v) is 4.33. The first kappa shape index (κ1) is 11.0. The van der Waals surface area contributed by atoms with E-state index in [0.717, 1.165) is 11.4 Å². The number of nitrogens with one attached hydrogen (secondary N) is 1. The number of aromatic hydroxyl groups is 1. The molecule has 5 heteroatoms. The van der Waals surface area contributed by atoms with Crippen LogP contribution < -0.4 is 5.32 Å². The Morgan fingerprint density at radius 3 is 2.94 bits per heavy atom. The maximum atomic E-state index is 9.77. The van der Waals surface area contributed by atoms with Gasteiger partial charge in [-0.25, -0.2) is 0 Å². The first-order valence-corrected chi connectivity index (χ1v) is 5.66. The first-order valence-electron chi connectivity index (χ1n) is 4.86. The van der Waals surface area contributed by atoms with E-state index in [9.17, 15) is 5.11 Å². The normalized spacial score (nSPS) is 10.4. The SMILES string of the molecule is Cn1ccc(NCc2cccc(Br)c2O)n1. The Bertz CT molecular complexity index is 496. The highest BCUT2D eigenvalue weighted by Crippen LogP contribution is 2.27. The van der Waals surface area contributed by atoms with Gasteiger partial charge in [0.2, 0.25) is 0 Å². The Morgan fingerprint density at radius 2 is 2.25 bits per heavy atom. The van der Waals surface area contributed by atoms with Crippen LogP contribution in [0.15, 0.2) is 34.9 Å². The van der Waals surface area contributed by atoms with Gasteiger partial charge in [-0.05, 0) is 22.0 Å². The number of aromatic nitrogens is 2. The summed E-state index contributed by atoms with van der Waals surface area (Å²) in [5, 5.41) is 17.1. The highest BCUT2D eigenvalue weighted by Gasteiger charge is 2.04. The molecule has 0 bridgehead atoms. The molecular weight excluding hydrogens is 270 g/mol. The van der Waals surface area contributed by atoms with Crippen LogP contribution in [-0.4, -0.2) is 14.9 Å². The number of hydrogen-bond donors (Lipinski definition) is 2. The molecule has 0 saturated heterocycles. The van der Waals surface area contributed by atoms with Crippen LogP contribution in [0.2, 0.25) is 0 Å². The fraction of sp³-hybridized carbons (Fsp3) is 0.182. The van der Waals surface area contributed by atoms with Gasteiger partial charge >= 0.3 is 0 Å². The smallest absolute Gasteiger partial charge is 0.148 e. The van der Waals surface area contributed by atoms with Crippen molar-refractivity contribution in [3.63, 3.8) is 0 Å². The number of phenolic OH excluding ortho intramolecular Hbond substituents is 1. The highest BCUT2D eigenvalue weighted by molar-refractivity contribution is 9.10. The Hall–Kier alpha value is -1.49. The zero-order valence-electron chi connectivity index (χ0n) is 8.81. The highest BCUT2D eigenvalue weighted by atomic mass is 79.9. The predicted octanol–water partition coefficient (Wildman–Crippen LogP) is 2.50. The maximum Gasteiger partial charge on any atom is 0.148 e. The quantitative estimate of drug-likeness (QED) is 0.909. The standard InChI is InChI=1S/C11H12BrN3O/c1-15-6-5-10(14-15)13-7-8-3-2-4-9(12)11(8)16/h2-6,16H,7H2,1H3,(H,13,14). The van der Waals surface area contributed by atoms with Crippen LogP contribution in [0, 0.1) is 0 Å². The van der Waals surface area contributed by atoms with E-state index in [1.165, 1.54) is 0 Å². The number of nitrogens with zero attached hydrogens (tertiary/aromatic N) is 2. The largest absolute Gasteiger partial charge is 0.506 e. The molecule has 0 saturated carbocycles. The molecule has 0 amide bonds. The molecule has 2 aromatic rings. The zero-order chi connectivity index (χ0) is 11.5. The van der Waals surface area contributed by atoms with Crippen molar-refractivity contribution < 1.29 is 5.11 Å². The molecule has 4 nitrogen and oxygen atoms in total. The van der Waals surface area contributed by atoms with Crippen molar-refractivity contribution in [1.82, 2.24) is 9.78 Å². The van der Waals surface area contributed by atoms with Gasteiger partial charge in [-0.15, -0.1) is 0 Å². The molecule has 1 aromatic heterocycles. The number of halogens is 1. The molecule has 2 rings (SSSR count). The molecule has 0 aliphatic rings. The van der Waals surface area contributed by atoms with Crippen LogP contribution in [0.3, 0.4) is 0 Å². The summed E-state index contributed by atoms with van der Waals surface area (Å²) in [5.74, 6) is 1.06. The molecule has 84 valence electrons. The van der Waals surface area contributed by atoms with Gasteiger partial charge in [0.1, 0.15) is 11.6 Å². The summed E-state index contributed by atoms with van der Waals surface area (Å²) in [6.07, 6.45) is 1.86. The minimum Gasteiger partial charge on any atom is -0.506 e. The van der Waals surface area contributed by atoms with Crippen LogP contribution >= 0.6 is 15.9 Å². The summed E-state index contributed by atoms with van der Waals surface area (Å²) < 4.78 is 2.43. The lowest BCUT2D eigenvalue weighted by Gasteiger charge is -2.06. The van der Waals surface area contributed by atoms with E-state index in [-0.39, 0.29) is 5.75 Å². The van der Waals surface area contributed by atoms with Gasteiger partial charge < -0.3 is 10.4 Å². The minimum absolute atomic E-state index is 0.269. The number of para-hydroxylation sites is 1. The molecule has 0 spiro atoms. The van der Waals surface area contributed by atoms with Gasteiger partial charge in [0, 0.05) is 31.4 Å². The van der Waals surface area contributed by atoms with Crippen LogP contribution in [0.1, 0.15) is 5.56 Å². The molecular formula is C11H12BrN3O. The van der Waals surface area contributed by atoms with Crippen molar-refractivity contribution in [1.29, 1.82) is 0 Å². The Labute approximate surface area is 102 Å². The summed E-state index contributed by atoms with van der Waals surface area (Å²) >= 11 is 3.28. The first-order chi connectivity index (χ1) is 7.66. The molecule has 2 N–H and O–H groups in total. The lowest BCUT2D eigenvalue weighted by Crippen LogP contribution is -2.01. The van der Waals surface area contributed by atoms with Gasteiger partial charge in [-0.2, -0.15) is 5.10 Å². The Kier molecular flexibility index (Phi) is 3.14. The topological polar surface area (TPSA) is 50.1 Å². The number of phenols is 1. The molecule has 16 heavy (non-hydrogen) atoms. The summed E-state index contributed by atoms with van der Waals surface area (Å²) in [5.41, 5.74) is 0.833. The van der Waals surface area contributed by atoms with E-state index < -0.39 is 0 Å². The fourth-order valence-electron chi connectivity index (χ4n) is 1.40. The number of aryl methyl sites for hydroxylation is 1. The van der Waals surface area contributed by atoms with Crippen LogP contribution in [-0.2, 0) is 13.6 Å². The second kappa shape index (κ2) is 4.57. The number of benzene rings is 1.